The fraction of sp³-hybridized carbons (Fsp3) is 0.308. The summed E-state index contributed by atoms with van der Waals surface area (Å²) in [4.78, 5) is 28.7. The van der Waals surface area contributed by atoms with E-state index in [0.29, 0.717) is 52.2 Å². The molecule has 0 saturated carbocycles. The van der Waals surface area contributed by atoms with Crippen LogP contribution in [0.5, 0.6) is 0 Å². The summed E-state index contributed by atoms with van der Waals surface area (Å²) < 4.78 is 10.7. The first-order chi connectivity index (χ1) is 15.6. The SMILES string of the molecule is [C-]#[N+]/C(C#N)=C1/c2cc(C(=O)OCCCC)ccc2-c2c(C(=O)OCCCC)cccc21. The van der Waals surface area contributed by atoms with E-state index in [1.165, 1.54) is 0 Å². The molecule has 0 fully saturated rings. The molecule has 0 bridgehead atoms. The maximum absolute atomic E-state index is 12.8. The Hall–Kier alpha value is -3.90. The van der Waals surface area contributed by atoms with Gasteiger partial charge >= 0.3 is 11.9 Å². The summed E-state index contributed by atoms with van der Waals surface area (Å²) in [6.45, 7) is 12.1. The number of carbonyl (C=O) groups excluding carboxylic acids is 2. The molecule has 0 heterocycles. The summed E-state index contributed by atoms with van der Waals surface area (Å²) in [5.41, 5.74) is 3.48. The molecule has 0 atom stereocenters. The van der Waals surface area contributed by atoms with Gasteiger partial charge in [-0.15, -0.1) is 0 Å². The van der Waals surface area contributed by atoms with E-state index < -0.39 is 11.9 Å². The molecule has 1 aliphatic carbocycles. The van der Waals surface area contributed by atoms with Crippen LogP contribution in [0.15, 0.2) is 42.1 Å². The summed E-state index contributed by atoms with van der Waals surface area (Å²) in [6, 6.07) is 12.1. The maximum Gasteiger partial charge on any atom is 0.338 e. The summed E-state index contributed by atoms with van der Waals surface area (Å²) in [6.07, 6.45) is 3.35. The molecule has 1 aliphatic rings. The number of hydrogen-bond donors (Lipinski definition) is 0. The maximum atomic E-state index is 12.8. The van der Waals surface area contributed by atoms with Gasteiger partial charge in [-0.25, -0.2) is 19.7 Å². The average Bonchev–Trinajstić information content (AvgIpc) is 3.14. The van der Waals surface area contributed by atoms with Crippen LogP contribution in [0.2, 0.25) is 0 Å². The van der Waals surface area contributed by atoms with Crippen molar-refractivity contribution in [3.05, 3.63) is 75.8 Å². The van der Waals surface area contributed by atoms with Crippen LogP contribution in [0.1, 0.15) is 71.4 Å². The largest absolute Gasteiger partial charge is 0.462 e. The third-order valence-corrected chi connectivity index (χ3v) is 5.26. The van der Waals surface area contributed by atoms with Crippen molar-refractivity contribution in [3.8, 4) is 17.2 Å². The van der Waals surface area contributed by atoms with Gasteiger partial charge in [-0.3, -0.25) is 0 Å². The molecule has 0 aliphatic heterocycles. The molecule has 0 spiro atoms. The normalized spacial score (nSPS) is 12.8. The number of carbonyl (C=O) groups is 2. The lowest BCUT2D eigenvalue weighted by Gasteiger charge is -2.10. The molecule has 0 N–H and O–H groups in total. The molecular formula is C26H24N2O4. The summed E-state index contributed by atoms with van der Waals surface area (Å²) in [7, 11) is 0. The number of rotatable bonds is 8. The van der Waals surface area contributed by atoms with Crippen molar-refractivity contribution in [1.82, 2.24) is 0 Å². The second-order valence-corrected chi connectivity index (χ2v) is 7.41. The highest BCUT2D eigenvalue weighted by Crippen LogP contribution is 2.48. The molecule has 0 aromatic heterocycles. The third kappa shape index (κ3) is 4.40. The van der Waals surface area contributed by atoms with Gasteiger partial charge in [-0.05, 0) is 47.7 Å². The number of nitriles is 1. The van der Waals surface area contributed by atoms with Gasteiger partial charge < -0.3 is 9.47 Å². The Balaban J connectivity index is 2.13. The van der Waals surface area contributed by atoms with Gasteiger partial charge in [-0.1, -0.05) is 44.9 Å². The predicted octanol–water partition coefficient (Wildman–Crippen LogP) is 5.78. The number of fused-ring (bicyclic) bond motifs is 3. The van der Waals surface area contributed by atoms with E-state index >= 15 is 0 Å². The van der Waals surface area contributed by atoms with Gasteiger partial charge in [0.25, 0.3) is 5.70 Å². The smallest absolute Gasteiger partial charge is 0.338 e. The molecule has 32 heavy (non-hydrogen) atoms. The zero-order chi connectivity index (χ0) is 23.1. The molecule has 6 heteroatoms. The van der Waals surface area contributed by atoms with Crippen LogP contribution >= 0.6 is 0 Å². The lowest BCUT2D eigenvalue weighted by Crippen LogP contribution is -2.08. The van der Waals surface area contributed by atoms with Gasteiger partial charge in [0.15, 0.2) is 0 Å². The Bertz CT molecular complexity index is 1150. The molecule has 0 saturated heterocycles. The molecule has 6 nitrogen and oxygen atoms in total. The fourth-order valence-corrected chi connectivity index (χ4v) is 3.63. The van der Waals surface area contributed by atoms with E-state index in [1.807, 2.05) is 19.9 Å². The van der Waals surface area contributed by atoms with E-state index in [4.69, 9.17) is 16.0 Å². The minimum atomic E-state index is -0.461. The zero-order valence-corrected chi connectivity index (χ0v) is 18.2. The van der Waals surface area contributed by atoms with Crippen molar-refractivity contribution in [1.29, 1.82) is 5.26 Å². The predicted molar refractivity (Wildman–Crippen MR) is 120 cm³/mol. The van der Waals surface area contributed by atoms with Crippen molar-refractivity contribution < 1.29 is 19.1 Å². The van der Waals surface area contributed by atoms with Crippen LogP contribution in [0.3, 0.4) is 0 Å². The second kappa shape index (κ2) is 10.4. The highest BCUT2D eigenvalue weighted by atomic mass is 16.5. The van der Waals surface area contributed by atoms with Gasteiger partial charge in [0.2, 0.25) is 0 Å². The molecule has 2 aromatic rings. The van der Waals surface area contributed by atoms with Gasteiger partial charge in [0.05, 0.1) is 37.0 Å². The minimum absolute atomic E-state index is 0.0991. The van der Waals surface area contributed by atoms with E-state index in [0.717, 1.165) is 25.7 Å². The third-order valence-electron chi connectivity index (χ3n) is 5.26. The topological polar surface area (TPSA) is 80.8 Å². The van der Waals surface area contributed by atoms with Crippen LogP contribution < -0.4 is 0 Å². The molecule has 0 radical (unpaired) electrons. The summed E-state index contributed by atoms with van der Waals surface area (Å²) >= 11 is 0. The lowest BCUT2D eigenvalue weighted by molar-refractivity contribution is 0.0490. The zero-order valence-electron chi connectivity index (χ0n) is 18.2. The van der Waals surface area contributed by atoms with Gasteiger partial charge in [0.1, 0.15) is 0 Å². The first-order valence-corrected chi connectivity index (χ1v) is 10.7. The molecule has 2 aromatic carbocycles. The average molecular weight is 428 g/mol. The number of nitrogens with zero attached hydrogens (tertiary/aromatic N) is 2. The Labute approximate surface area is 187 Å². The number of hydrogen-bond acceptors (Lipinski definition) is 5. The Morgan fingerprint density at radius 3 is 2.28 bits per heavy atom. The first kappa shape index (κ1) is 22.8. The van der Waals surface area contributed by atoms with Crippen LogP contribution in [0.25, 0.3) is 21.5 Å². The van der Waals surface area contributed by atoms with Crippen molar-refractivity contribution in [2.24, 2.45) is 0 Å². The summed E-state index contributed by atoms with van der Waals surface area (Å²) in [5, 5.41) is 9.58. The summed E-state index contributed by atoms with van der Waals surface area (Å²) in [5.74, 6) is -0.913. The number of esters is 2. The Kier molecular flexibility index (Phi) is 7.41. The minimum Gasteiger partial charge on any atom is -0.462 e. The quantitative estimate of drug-likeness (QED) is 0.196. The molecule has 162 valence electrons. The highest BCUT2D eigenvalue weighted by Gasteiger charge is 2.31. The Morgan fingerprint density at radius 1 is 0.969 bits per heavy atom. The molecule has 0 amide bonds. The van der Waals surface area contributed by atoms with Crippen LogP contribution in [0.4, 0.5) is 0 Å². The number of ether oxygens (including phenoxy) is 2. The fourth-order valence-electron chi connectivity index (χ4n) is 3.63. The van der Waals surface area contributed by atoms with Crippen molar-refractivity contribution in [2.75, 3.05) is 13.2 Å². The number of benzene rings is 2. The monoisotopic (exact) mass is 428 g/mol. The Morgan fingerprint density at radius 2 is 1.66 bits per heavy atom. The van der Waals surface area contributed by atoms with E-state index in [9.17, 15) is 14.9 Å². The van der Waals surface area contributed by atoms with Crippen LogP contribution in [-0.4, -0.2) is 25.2 Å². The number of allylic oxidation sites excluding steroid dienone is 1. The second-order valence-electron chi connectivity index (χ2n) is 7.41. The highest BCUT2D eigenvalue weighted by molar-refractivity contribution is 6.11. The van der Waals surface area contributed by atoms with Crippen molar-refractivity contribution in [2.45, 2.75) is 39.5 Å². The molecule has 0 unspecified atom stereocenters. The van der Waals surface area contributed by atoms with Crippen LogP contribution in [0, 0.1) is 17.9 Å². The van der Waals surface area contributed by atoms with Crippen molar-refractivity contribution in [3.63, 3.8) is 0 Å². The van der Waals surface area contributed by atoms with E-state index in [-0.39, 0.29) is 5.70 Å². The van der Waals surface area contributed by atoms with Crippen LogP contribution in [-0.2, 0) is 9.47 Å². The van der Waals surface area contributed by atoms with Gasteiger partial charge in [-0.2, -0.15) is 0 Å². The molecular weight excluding hydrogens is 404 g/mol. The van der Waals surface area contributed by atoms with Crippen molar-refractivity contribution >= 4 is 17.5 Å². The first-order valence-electron chi connectivity index (χ1n) is 10.7. The standard InChI is InChI=1S/C26H24N2O4/c1-4-6-13-31-25(29)17-11-12-18-21(15-17)24(22(16-27)28-3)19-9-8-10-20(23(18)19)26(30)32-14-7-5-2/h8-12,15H,4-7,13-14H2,1-2H3/b24-22+. The lowest BCUT2D eigenvalue weighted by atomic mass is 9.98. The number of unbranched alkanes of at least 4 members (excludes halogenated alkanes) is 2. The van der Waals surface area contributed by atoms with E-state index in [1.54, 1.807) is 36.4 Å². The van der Waals surface area contributed by atoms with E-state index in [2.05, 4.69) is 4.85 Å². The molecule has 3 rings (SSSR count). The van der Waals surface area contributed by atoms with Gasteiger partial charge in [0, 0.05) is 11.1 Å².